The molecular formula is C48H54N4O22. The van der Waals surface area contributed by atoms with Gasteiger partial charge in [-0.05, 0) is 47.5 Å². The molecule has 0 saturated carbocycles. The van der Waals surface area contributed by atoms with Crippen molar-refractivity contribution in [2.75, 3.05) is 56.9 Å². The van der Waals surface area contributed by atoms with Crippen molar-refractivity contribution >= 4 is 71.4 Å². The molecule has 0 aliphatic heterocycles. The van der Waals surface area contributed by atoms with Gasteiger partial charge in [-0.2, -0.15) is 0 Å². The summed E-state index contributed by atoms with van der Waals surface area (Å²) in [5.41, 5.74) is 0.0452. The molecule has 0 bridgehead atoms. The lowest BCUT2D eigenvalue weighted by molar-refractivity contribution is -0.149. The highest BCUT2D eigenvalue weighted by Crippen LogP contribution is 2.23. The number of hydrogen-bond acceptors (Lipinski definition) is 22. The molecule has 0 aromatic heterocycles. The number of amides is 4. The quantitative estimate of drug-likeness (QED) is 0.0615. The molecule has 74 heavy (non-hydrogen) atoms. The molecule has 0 saturated heterocycles. The standard InChI is InChI=1S/C48H54N4O22/c1-65-37(53)19-33(45(61)69-5)49-41(57)27-13-28(42(58)50-34(46(62)70-6)20-38(54)66-2)16-31(15-27)73-23-25-9-11-26(12-10-25)24-74-32-17-29(43(59)51-35(47(63)71-7)21-39(55)67-3)14-30(18-32)44(60)52-36(48(64)72-8)22-40(56)68-4/h9-18,33-36H,19-24H2,1-8H3,(H,49,57)(H,50,58)(H,51,59)(H,52,60)/t33-,34-,35-,36+/m0/s1. The van der Waals surface area contributed by atoms with E-state index in [9.17, 15) is 57.5 Å². The molecule has 0 aliphatic carbocycles. The highest BCUT2D eigenvalue weighted by atomic mass is 16.6. The van der Waals surface area contributed by atoms with Crippen LogP contribution in [0.4, 0.5) is 0 Å². The maximum atomic E-state index is 13.6. The fourth-order valence-electron chi connectivity index (χ4n) is 6.26. The van der Waals surface area contributed by atoms with E-state index in [2.05, 4.69) is 40.2 Å². The Kier molecular flexibility index (Phi) is 23.4. The smallest absolute Gasteiger partial charge is 0.328 e. The zero-order chi connectivity index (χ0) is 55.1. The van der Waals surface area contributed by atoms with Gasteiger partial charge in [0.15, 0.2) is 0 Å². The van der Waals surface area contributed by atoms with Gasteiger partial charge >= 0.3 is 47.8 Å². The van der Waals surface area contributed by atoms with Crippen molar-refractivity contribution in [1.29, 1.82) is 0 Å². The molecule has 3 rings (SSSR count). The predicted molar refractivity (Wildman–Crippen MR) is 248 cm³/mol. The number of methoxy groups -OCH3 is 8. The van der Waals surface area contributed by atoms with Gasteiger partial charge in [-0.25, -0.2) is 19.2 Å². The molecule has 26 heteroatoms. The molecule has 398 valence electrons. The van der Waals surface area contributed by atoms with Crippen LogP contribution in [0.5, 0.6) is 11.5 Å². The van der Waals surface area contributed by atoms with Crippen LogP contribution >= 0.6 is 0 Å². The fourth-order valence-corrected chi connectivity index (χ4v) is 6.26. The Labute approximate surface area is 422 Å². The average Bonchev–Trinajstić information content (AvgIpc) is 3.41. The van der Waals surface area contributed by atoms with Gasteiger partial charge in [0.25, 0.3) is 23.6 Å². The Hall–Kier alpha value is -9.10. The fraction of sp³-hybridized carbons (Fsp3) is 0.375. The minimum absolute atomic E-state index is 0.0736. The summed E-state index contributed by atoms with van der Waals surface area (Å²) >= 11 is 0. The third-order valence-electron chi connectivity index (χ3n) is 10.3. The SMILES string of the molecule is COC(=O)C[C@H](NC(=O)c1cc(OCc2ccc(COc3cc(C(=O)N[C@@H](CC(=O)OC)C(=O)OC)cc(C(=O)N[C@H](CC(=O)OC)C(=O)OC)c3)cc2)cc(C(=O)N[C@@H](CC(=O)OC)C(=O)OC)c1)C(=O)OC. The van der Waals surface area contributed by atoms with Crippen LogP contribution in [0.2, 0.25) is 0 Å². The predicted octanol–water partition coefficient (Wildman–Crippen LogP) is 0.183. The highest BCUT2D eigenvalue weighted by Gasteiger charge is 2.31. The monoisotopic (exact) mass is 1040 g/mol. The average molecular weight is 1040 g/mol. The number of carbonyl (C=O) groups excluding carboxylic acids is 12. The number of ether oxygens (including phenoxy) is 10. The van der Waals surface area contributed by atoms with Gasteiger partial charge in [0.05, 0.1) is 82.6 Å². The van der Waals surface area contributed by atoms with Crippen molar-refractivity contribution in [2.24, 2.45) is 0 Å². The molecule has 3 aromatic carbocycles. The van der Waals surface area contributed by atoms with E-state index in [0.717, 1.165) is 69.0 Å². The summed E-state index contributed by atoms with van der Waals surface area (Å²) in [6.45, 7) is -0.373. The van der Waals surface area contributed by atoms with E-state index >= 15 is 0 Å². The first-order chi connectivity index (χ1) is 35.2. The maximum Gasteiger partial charge on any atom is 0.328 e. The second-order valence-electron chi connectivity index (χ2n) is 15.2. The number of nitrogens with one attached hydrogen (secondary N) is 4. The van der Waals surface area contributed by atoms with E-state index in [1.807, 2.05) is 0 Å². The van der Waals surface area contributed by atoms with Crippen LogP contribution in [-0.2, 0) is 89.5 Å². The molecule has 26 nitrogen and oxygen atoms in total. The second-order valence-corrected chi connectivity index (χ2v) is 15.2. The number of carbonyl (C=O) groups is 12. The van der Waals surface area contributed by atoms with Crippen molar-refractivity contribution in [3.05, 3.63) is 94.0 Å². The summed E-state index contributed by atoms with van der Waals surface area (Å²) in [6, 6.07) is 7.53. The van der Waals surface area contributed by atoms with Crippen LogP contribution in [-0.4, -0.2) is 152 Å². The van der Waals surface area contributed by atoms with Crippen LogP contribution in [0.3, 0.4) is 0 Å². The van der Waals surface area contributed by atoms with Gasteiger partial charge in [0.2, 0.25) is 0 Å². The largest absolute Gasteiger partial charge is 0.489 e. The van der Waals surface area contributed by atoms with E-state index in [1.165, 1.54) is 24.3 Å². The maximum absolute atomic E-state index is 13.6. The van der Waals surface area contributed by atoms with Gasteiger partial charge in [0, 0.05) is 22.3 Å². The van der Waals surface area contributed by atoms with Gasteiger partial charge < -0.3 is 68.6 Å². The molecule has 0 aliphatic rings. The number of esters is 8. The molecule has 4 atom stereocenters. The zero-order valence-electron chi connectivity index (χ0n) is 41.3. The minimum atomic E-state index is -1.51. The Morgan fingerprint density at radius 1 is 0.338 bits per heavy atom. The molecule has 0 unspecified atom stereocenters. The second kappa shape index (κ2) is 29.3. The lowest BCUT2D eigenvalue weighted by Crippen LogP contribution is -2.44. The summed E-state index contributed by atoms with van der Waals surface area (Å²) in [4.78, 5) is 152. The van der Waals surface area contributed by atoms with Crippen molar-refractivity contribution in [2.45, 2.75) is 63.1 Å². The Morgan fingerprint density at radius 2 is 0.554 bits per heavy atom. The van der Waals surface area contributed by atoms with Gasteiger partial charge in [-0.3, -0.25) is 38.4 Å². The molecule has 4 amide bonds. The van der Waals surface area contributed by atoms with Crippen molar-refractivity contribution in [3.8, 4) is 11.5 Å². The first-order valence-electron chi connectivity index (χ1n) is 21.7. The van der Waals surface area contributed by atoms with Crippen LogP contribution in [0.25, 0.3) is 0 Å². The van der Waals surface area contributed by atoms with Crippen LogP contribution < -0.4 is 30.7 Å². The van der Waals surface area contributed by atoms with E-state index < -0.39 is 121 Å². The Bertz CT molecular complexity index is 2270. The lowest BCUT2D eigenvalue weighted by Gasteiger charge is -2.18. The van der Waals surface area contributed by atoms with Crippen LogP contribution in [0, 0.1) is 0 Å². The highest BCUT2D eigenvalue weighted by molar-refractivity contribution is 6.04. The van der Waals surface area contributed by atoms with Gasteiger partial charge in [-0.1, -0.05) is 24.3 Å². The van der Waals surface area contributed by atoms with E-state index in [1.54, 1.807) is 24.3 Å². The summed E-state index contributed by atoms with van der Waals surface area (Å²) in [5.74, 6) is -11.3. The third kappa shape index (κ3) is 18.3. The Balaban J connectivity index is 1.95. The van der Waals surface area contributed by atoms with Crippen LogP contribution in [0.15, 0.2) is 60.7 Å². The molecular weight excluding hydrogens is 985 g/mol. The van der Waals surface area contributed by atoms with E-state index in [-0.39, 0.29) is 47.0 Å². The molecule has 4 N–H and O–H groups in total. The lowest BCUT2D eigenvalue weighted by atomic mass is 10.1. The summed E-state index contributed by atoms with van der Waals surface area (Å²) in [6.07, 6.45) is -2.42. The number of rotatable bonds is 26. The topological polar surface area (TPSA) is 345 Å². The molecule has 0 heterocycles. The minimum Gasteiger partial charge on any atom is -0.489 e. The van der Waals surface area contributed by atoms with Crippen molar-refractivity contribution in [1.82, 2.24) is 21.3 Å². The molecule has 3 aromatic rings. The first kappa shape index (κ1) is 59.2. The van der Waals surface area contributed by atoms with Gasteiger partial charge in [-0.15, -0.1) is 0 Å². The first-order valence-corrected chi connectivity index (χ1v) is 21.7. The normalized spacial score (nSPS) is 12.0. The number of benzene rings is 3. The zero-order valence-corrected chi connectivity index (χ0v) is 41.3. The van der Waals surface area contributed by atoms with Crippen molar-refractivity contribution < 1.29 is 105 Å². The molecule has 0 radical (unpaired) electrons. The third-order valence-corrected chi connectivity index (χ3v) is 10.3. The molecule has 0 fully saturated rings. The van der Waals surface area contributed by atoms with Gasteiger partial charge in [0.1, 0.15) is 48.9 Å². The summed E-state index contributed by atoms with van der Waals surface area (Å²) in [7, 11) is 8.44. The Morgan fingerprint density at radius 3 is 0.743 bits per heavy atom. The van der Waals surface area contributed by atoms with E-state index in [4.69, 9.17) is 28.4 Å². The van der Waals surface area contributed by atoms with E-state index in [0.29, 0.717) is 11.1 Å². The van der Waals surface area contributed by atoms with Crippen molar-refractivity contribution in [3.63, 3.8) is 0 Å². The molecule has 0 spiro atoms. The number of hydrogen-bond donors (Lipinski definition) is 4. The van der Waals surface area contributed by atoms with Crippen LogP contribution in [0.1, 0.15) is 78.2 Å². The summed E-state index contributed by atoms with van der Waals surface area (Å²) < 4.78 is 49.2. The summed E-state index contributed by atoms with van der Waals surface area (Å²) in [5, 5.41) is 9.42.